The molecule has 1 aliphatic rings. The lowest BCUT2D eigenvalue weighted by Gasteiger charge is -2.32. The molecule has 154 valence electrons. The summed E-state index contributed by atoms with van der Waals surface area (Å²) in [6.45, 7) is 2.92. The highest BCUT2D eigenvalue weighted by molar-refractivity contribution is 5.89. The zero-order valence-corrected chi connectivity index (χ0v) is 17.2. The van der Waals surface area contributed by atoms with Gasteiger partial charge in [-0.15, -0.1) is 0 Å². The molecule has 1 heterocycles. The van der Waals surface area contributed by atoms with Crippen molar-refractivity contribution in [3.63, 3.8) is 0 Å². The van der Waals surface area contributed by atoms with Crippen LogP contribution in [0.25, 0.3) is 0 Å². The van der Waals surface area contributed by atoms with Crippen molar-refractivity contribution in [3.8, 4) is 0 Å². The van der Waals surface area contributed by atoms with Gasteiger partial charge in [0.05, 0.1) is 6.42 Å². The summed E-state index contributed by atoms with van der Waals surface area (Å²) >= 11 is 0. The first-order valence-corrected chi connectivity index (χ1v) is 10.1. The van der Waals surface area contributed by atoms with Crippen LogP contribution in [0, 0.1) is 0 Å². The smallest absolute Gasteiger partial charge is 0.319 e. The summed E-state index contributed by atoms with van der Waals surface area (Å²) < 4.78 is 0. The van der Waals surface area contributed by atoms with Crippen molar-refractivity contribution in [2.75, 3.05) is 32.5 Å². The highest BCUT2D eigenvalue weighted by Gasteiger charge is 2.20. The quantitative estimate of drug-likeness (QED) is 0.791. The molecule has 0 spiro atoms. The van der Waals surface area contributed by atoms with Gasteiger partial charge in [0.25, 0.3) is 0 Å². The van der Waals surface area contributed by atoms with Gasteiger partial charge in [0.1, 0.15) is 0 Å². The van der Waals surface area contributed by atoms with Gasteiger partial charge in [-0.25, -0.2) is 4.79 Å². The molecule has 1 saturated heterocycles. The van der Waals surface area contributed by atoms with Gasteiger partial charge in [0, 0.05) is 45.5 Å². The van der Waals surface area contributed by atoms with Crippen molar-refractivity contribution >= 4 is 17.6 Å². The molecule has 0 aliphatic carbocycles. The SMILES string of the molecule is CN(C)C(=O)Cc1ccc(NC(=O)NC2CCN(Cc3ccccc3)CC2)cc1. The van der Waals surface area contributed by atoms with E-state index in [0.717, 1.165) is 43.7 Å². The van der Waals surface area contributed by atoms with Crippen molar-refractivity contribution in [3.05, 3.63) is 65.7 Å². The molecule has 2 aromatic carbocycles. The molecule has 2 aromatic rings. The van der Waals surface area contributed by atoms with E-state index in [1.165, 1.54) is 5.56 Å². The van der Waals surface area contributed by atoms with Crippen LogP contribution < -0.4 is 10.6 Å². The zero-order chi connectivity index (χ0) is 20.6. The summed E-state index contributed by atoms with van der Waals surface area (Å²) in [6.07, 6.45) is 2.26. The number of nitrogens with one attached hydrogen (secondary N) is 2. The Hall–Kier alpha value is -2.86. The van der Waals surface area contributed by atoms with Crippen LogP contribution >= 0.6 is 0 Å². The summed E-state index contributed by atoms with van der Waals surface area (Å²) in [7, 11) is 3.49. The van der Waals surface area contributed by atoms with Gasteiger partial charge >= 0.3 is 6.03 Å². The minimum atomic E-state index is -0.177. The van der Waals surface area contributed by atoms with E-state index in [9.17, 15) is 9.59 Å². The summed E-state index contributed by atoms with van der Waals surface area (Å²) in [6, 6.07) is 17.9. The number of nitrogens with zero attached hydrogens (tertiary/aromatic N) is 2. The van der Waals surface area contributed by atoms with Crippen LogP contribution in [0.4, 0.5) is 10.5 Å². The number of piperidine rings is 1. The van der Waals surface area contributed by atoms with Crippen LogP contribution in [0.2, 0.25) is 0 Å². The van der Waals surface area contributed by atoms with Crippen LogP contribution in [0.3, 0.4) is 0 Å². The van der Waals surface area contributed by atoms with E-state index in [1.54, 1.807) is 19.0 Å². The normalized spacial score (nSPS) is 15.0. The van der Waals surface area contributed by atoms with Gasteiger partial charge in [0.15, 0.2) is 0 Å². The summed E-state index contributed by atoms with van der Waals surface area (Å²) in [5.74, 6) is 0.0575. The number of hydrogen-bond donors (Lipinski definition) is 2. The van der Waals surface area contributed by atoms with Crippen molar-refractivity contribution in [2.24, 2.45) is 0 Å². The molecule has 6 heteroatoms. The number of urea groups is 1. The monoisotopic (exact) mass is 394 g/mol. The largest absolute Gasteiger partial charge is 0.349 e. The maximum absolute atomic E-state index is 12.3. The van der Waals surface area contributed by atoms with Crippen molar-refractivity contribution in [1.82, 2.24) is 15.1 Å². The lowest BCUT2D eigenvalue weighted by Crippen LogP contribution is -2.45. The number of carbonyl (C=O) groups is 2. The number of hydrogen-bond acceptors (Lipinski definition) is 3. The molecule has 6 nitrogen and oxygen atoms in total. The van der Waals surface area contributed by atoms with E-state index in [2.05, 4.69) is 39.8 Å². The molecule has 0 atom stereocenters. The fourth-order valence-electron chi connectivity index (χ4n) is 3.47. The first-order valence-electron chi connectivity index (χ1n) is 10.1. The van der Waals surface area contributed by atoms with Crippen LogP contribution in [0.1, 0.15) is 24.0 Å². The maximum atomic E-state index is 12.3. The van der Waals surface area contributed by atoms with E-state index in [1.807, 2.05) is 30.3 Å². The average molecular weight is 395 g/mol. The van der Waals surface area contributed by atoms with E-state index >= 15 is 0 Å². The lowest BCUT2D eigenvalue weighted by molar-refractivity contribution is -0.127. The molecular formula is C23H30N4O2. The Balaban J connectivity index is 1.40. The molecule has 1 fully saturated rings. The number of likely N-dealkylation sites (N-methyl/N-ethyl adjacent to an activating group) is 1. The van der Waals surface area contributed by atoms with Gasteiger partial charge in [-0.3, -0.25) is 9.69 Å². The Kier molecular flexibility index (Phi) is 7.25. The lowest BCUT2D eigenvalue weighted by atomic mass is 10.0. The second-order valence-corrected chi connectivity index (χ2v) is 7.80. The standard InChI is InChI=1S/C23H30N4O2/c1-26(2)22(28)16-18-8-10-20(11-9-18)24-23(29)25-21-12-14-27(15-13-21)17-19-6-4-3-5-7-19/h3-11,21H,12-17H2,1-2H3,(H2,24,25,29). The summed E-state index contributed by atoms with van der Waals surface area (Å²) in [5, 5.41) is 5.96. The predicted molar refractivity (Wildman–Crippen MR) is 116 cm³/mol. The Morgan fingerprint density at radius 1 is 0.966 bits per heavy atom. The number of rotatable bonds is 6. The first kappa shape index (κ1) is 20.9. The number of likely N-dealkylation sites (tertiary alicyclic amines) is 1. The van der Waals surface area contributed by atoms with Crippen molar-refractivity contribution < 1.29 is 9.59 Å². The molecule has 0 aromatic heterocycles. The molecule has 0 unspecified atom stereocenters. The maximum Gasteiger partial charge on any atom is 0.319 e. The molecule has 0 radical (unpaired) electrons. The fraction of sp³-hybridized carbons (Fsp3) is 0.391. The number of carbonyl (C=O) groups excluding carboxylic acids is 2. The Bertz CT molecular complexity index is 797. The Labute approximate surface area is 172 Å². The molecule has 0 bridgehead atoms. The van der Waals surface area contributed by atoms with Gasteiger partial charge in [-0.05, 0) is 36.1 Å². The molecule has 29 heavy (non-hydrogen) atoms. The fourth-order valence-corrected chi connectivity index (χ4v) is 3.47. The summed E-state index contributed by atoms with van der Waals surface area (Å²) in [5.41, 5.74) is 2.98. The zero-order valence-electron chi connectivity index (χ0n) is 17.2. The molecule has 0 saturated carbocycles. The predicted octanol–water partition coefficient (Wildman–Crippen LogP) is 3.10. The topological polar surface area (TPSA) is 64.7 Å². The molecule has 3 amide bonds. The molecule has 1 aliphatic heterocycles. The van der Waals surface area contributed by atoms with Crippen LogP contribution in [-0.2, 0) is 17.8 Å². The van der Waals surface area contributed by atoms with Gasteiger partial charge in [0.2, 0.25) is 5.91 Å². The van der Waals surface area contributed by atoms with Crippen LogP contribution in [-0.4, -0.2) is 55.0 Å². The first-order chi connectivity index (χ1) is 14.0. The highest BCUT2D eigenvalue weighted by atomic mass is 16.2. The van der Waals surface area contributed by atoms with Gasteiger partial charge < -0.3 is 15.5 Å². The Morgan fingerprint density at radius 3 is 2.24 bits per heavy atom. The summed E-state index contributed by atoms with van der Waals surface area (Å²) in [4.78, 5) is 28.1. The van der Waals surface area contributed by atoms with E-state index in [4.69, 9.17) is 0 Å². The van der Waals surface area contributed by atoms with E-state index in [-0.39, 0.29) is 18.0 Å². The molecule has 2 N–H and O–H groups in total. The number of anilines is 1. The minimum absolute atomic E-state index is 0.0575. The van der Waals surface area contributed by atoms with Gasteiger partial charge in [-0.2, -0.15) is 0 Å². The highest BCUT2D eigenvalue weighted by Crippen LogP contribution is 2.15. The van der Waals surface area contributed by atoms with Crippen molar-refractivity contribution in [1.29, 1.82) is 0 Å². The number of benzene rings is 2. The average Bonchev–Trinajstić information content (AvgIpc) is 2.71. The van der Waals surface area contributed by atoms with E-state index < -0.39 is 0 Å². The second kappa shape index (κ2) is 10.1. The third kappa shape index (κ3) is 6.61. The molecule has 3 rings (SSSR count). The third-order valence-electron chi connectivity index (χ3n) is 5.24. The number of amides is 3. The third-order valence-corrected chi connectivity index (χ3v) is 5.24. The molecular weight excluding hydrogens is 364 g/mol. The van der Waals surface area contributed by atoms with Crippen molar-refractivity contribution in [2.45, 2.75) is 31.8 Å². The van der Waals surface area contributed by atoms with E-state index in [0.29, 0.717) is 6.42 Å². The van der Waals surface area contributed by atoms with Gasteiger partial charge in [-0.1, -0.05) is 42.5 Å². The van der Waals surface area contributed by atoms with Crippen LogP contribution in [0.5, 0.6) is 0 Å². The van der Waals surface area contributed by atoms with Crippen LogP contribution in [0.15, 0.2) is 54.6 Å². The second-order valence-electron chi connectivity index (χ2n) is 7.80. The Morgan fingerprint density at radius 2 is 1.62 bits per heavy atom. The minimum Gasteiger partial charge on any atom is -0.349 e.